The highest BCUT2D eigenvalue weighted by Crippen LogP contribution is 2.35. The lowest BCUT2D eigenvalue weighted by Crippen LogP contribution is -2.14. The number of ether oxygens (including phenoxy) is 1. The van der Waals surface area contributed by atoms with Crippen LogP contribution < -0.4 is 4.74 Å². The number of aliphatic imine (C=N–C) groups is 1. The van der Waals surface area contributed by atoms with Crippen molar-refractivity contribution >= 4 is 35.2 Å². The standard InChI is InChI=1S/C20H19ClF2N4OS/c1-4-27(3)11-24-17-7-12(2)18(10-15(17)21)28-20-25-19(26-29-20)8-13-5-6-14(22)9-16(13)23/h5-7,9-11H,4,8H2,1-3H3. The first kappa shape index (κ1) is 21.1. The number of benzene rings is 2. The van der Waals surface area contributed by atoms with Gasteiger partial charge in [0.15, 0.2) is 5.82 Å². The molecule has 0 aliphatic heterocycles. The molecule has 0 saturated carbocycles. The zero-order valence-electron chi connectivity index (χ0n) is 16.1. The molecule has 1 aromatic heterocycles. The third kappa shape index (κ3) is 5.48. The maximum atomic E-state index is 13.8. The molecule has 3 rings (SSSR count). The second-order valence-electron chi connectivity index (χ2n) is 6.38. The lowest BCUT2D eigenvalue weighted by Gasteiger charge is -2.10. The van der Waals surface area contributed by atoms with Crippen LogP contribution in [0.5, 0.6) is 10.9 Å². The minimum atomic E-state index is -0.630. The molecule has 1 heterocycles. The summed E-state index contributed by atoms with van der Waals surface area (Å²) < 4.78 is 36.8. The van der Waals surface area contributed by atoms with Crippen LogP contribution in [0.2, 0.25) is 5.02 Å². The average Bonchev–Trinajstić information content (AvgIpc) is 3.12. The van der Waals surface area contributed by atoms with E-state index in [1.165, 1.54) is 12.1 Å². The first-order valence-corrected chi connectivity index (χ1v) is 9.99. The van der Waals surface area contributed by atoms with Crippen molar-refractivity contribution in [2.45, 2.75) is 20.3 Å². The monoisotopic (exact) mass is 436 g/mol. The van der Waals surface area contributed by atoms with E-state index in [4.69, 9.17) is 16.3 Å². The highest BCUT2D eigenvalue weighted by Gasteiger charge is 2.13. The van der Waals surface area contributed by atoms with Gasteiger partial charge in [0.05, 0.1) is 17.0 Å². The van der Waals surface area contributed by atoms with E-state index in [0.29, 0.717) is 33.0 Å². The van der Waals surface area contributed by atoms with Crippen LogP contribution in [0, 0.1) is 18.6 Å². The average molecular weight is 437 g/mol. The molecule has 0 unspecified atom stereocenters. The summed E-state index contributed by atoms with van der Waals surface area (Å²) >= 11 is 7.37. The van der Waals surface area contributed by atoms with Gasteiger partial charge in [0, 0.05) is 43.7 Å². The second kappa shape index (κ2) is 9.28. The predicted molar refractivity (Wildman–Crippen MR) is 112 cm³/mol. The van der Waals surface area contributed by atoms with Gasteiger partial charge in [0.25, 0.3) is 5.19 Å². The molecule has 0 saturated heterocycles. The third-order valence-corrected chi connectivity index (χ3v) is 5.08. The molecule has 29 heavy (non-hydrogen) atoms. The molecule has 3 aromatic rings. The number of aromatic nitrogens is 2. The molecule has 0 aliphatic rings. The molecular weight excluding hydrogens is 418 g/mol. The fourth-order valence-corrected chi connectivity index (χ4v) is 3.14. The number of aryl methyl sites for hydroxylation is 1. The van der Waals surface area contributed by atoms with Gasteiger partial charge >= 0.3 is 0 Å². The quantitative estimate of drug-likeness (QED) is 0.348. The molecular formula is C20H19ClF2N4OS. The van der Waals surface area contributed by atoms with E-state index in [0.717, 1.165) is 29.7 Å². The van der Waals surface area contributed by atoms with Crippen LogP contribution in [-0.4, -0.2) is 34.2 Å². The summed E-state index contributed by atoms with van der Waals surface area (Å²) in [7, 11) is 1.92. The summed E-state index contributed by atoms with van der Waals surface area (Å²) in [6, 6.07) is 6.93. The molecule has 0 N–H and O–H groups in total. The maximum Gasteiger partial charge on any atom is 0.298 e. The van der Waals surface area contributed by atoms with Crippen LogP contribution in [0.3, 0.4) is 0 Å². The Hall–Kier alpha value is -2.58. The van der Waals surface area contributed by atoms with Crippen molar-refractivity contribution < 1.29 is 13.5 Å². The van der Waals surface area contributed by atoms with Crippen LogP contribution in [0.1, 0.15) is 23.9 Å². The Morgan fingerprint density at radius 2 is 2.07 bits per heavy atom. The second-order valence-corrected chi connectivity index (χ2v) is 7.50. The van der Waals surface area contributed by atoms with Gasteiger partial charge in [0.2, 0.25) is 0 Å². The van der Waals surface area contributed by atoms with Crippen molar-refractivity contribution in [2.75, 3.05) is 13.6 Å². The predicted octanol–water partition coefficient (Wildman–Crippen LogP) is 5.77. The Bertz CT molecular complexity index is 1040. The zero-order valence-corrected chi connectivity index (χ0v) is 17.7. The van der Waals surface area contributed by atoms with E-state index in [-0.39, 0.29) is 6.42 Å². The van der Waals surface area contributed by atoms with Gasteiger partial charge in [-0.05, 0) is 37.1 Å². The topological polar surface area (TPSA) is 50.6 Å². The van der Waals surface area contributed by atoms with Gasteiger partial charge in [0.1, 0.15) is 17.4 Å². The first-order chi connectivity index (χ1) is 13.9. The van der Waals surface area contributed by atoms with Crippen molar-refractivity contribution in [1.82, 2.24) is 14.3 Å². The molecule has 0 amide bonds. The van der Waals surface area contributed by atoms with Crippen LogP contribution >= 0.6 is 23.1 Å². The molecule has 0 aliphatic carbocycles. The molecule has 0 radical (unpaired) electrons. The van der Waals surface area contributed by atoms with Crippen LogP contribution in [-0.2, 0) is 6.42 Å². The molecule has 9 heteroatoms. The van der Waals surface area contributed by atoms with Gasteiger partial charge in [-0.2, -0.15) is 9.36 Å². The number of nitrogens with zero attached hydrogens (tertiary/aromatic N) is 4. The van der Waals surface area contributed by atoms with Crippen molar-refractivity contribution in [3.63, 3.8) is 0 Å². The van der Waals surface area contributed by atoms with Crippen LogP contribution in [0.4, 0.5) is 14.5 Å². The van der Waals surface area contributed by atoms with E-state index >= 15 is 0 Å². The minimum absolute atomic E-state index is 0.143. The van der Waals surface area contributed by atoms with Crippen molar-refractivity contribution in [3.8, 4) is 10.9 Å². The van der Waals surface area contributed by atoms with Crippen LogP contribution in [0.15, 0.2) is 35.3 Å². The molecule has 0 spiro atoms. The number of halogens is 3. The highest BCUT2D eigenvalue weighted by atomic mass is 35.5. The van der Waals surface area contributed by atoms with Crippen LogP contribution in [0.25, 0.3) is 0 Å². The Balaban J connectivity index is 1.74. The van der Waals surface area contributed by atoms with Gasteiger partial charge in [-0.3, -0.25) is 0 Å². The Labute approximate surface area is 176 Å². The van der Waals surface area contributed by atoms with E-state index in [1.54, 1.807) is 12.4 Å². The largest absolute Gasteiger partial charge is 0.430 e. The first-order valence-electron chi connectivity index (χ1n) is 8.84. The summed E-state index contributed by atoms with van der Waals surface area (Å²) in [6.07, 6.45) is 1.86. The minimum Gasteiger partial charge on any atom is -0.430 e. The number of hydrogen-bond donors (Lipinski definition) is 0. The van der Waals surface area contributed by atoms with Gasteiger partial charge < -0.3 is 9.64 Å². The fourth-order valence-electron chi connectivity index (χ4n) is 2.38. The zero-order chi connectivity index (χ0) is 21.0. The van der Waals surface area contributed by atoms with E-state index in [2.05, 4.69) is 14.3 Å². The number of rotatable bonds is 7. The van der Waals surface area contributed by atoms with Crippen molar-refractivity contribution in [1.29, 1.82) is 0 Å². The van der Waals surface area contributed by atoms with E-state index in [9.17, 15) is 8.78 Å². The summed E-state index contributed by atoms with van der Waals surface area (Å²) in [5.41, 5.74) is 1.79. The molecule has 0 atom stereocenters. The lowest BCUT2D eigenvalue weighted by molar-refractivity contribution is 0.473. The van der Waals surface area contributed by atoms with Gasteiger partial charge in [-0.15, -0.1) is 0 Å². The lowest BCUT2D eigenvalue weighted by atomic mass is 10.1. The van der Waals surface area contributed by atoms with Gasteiger partial charge in [-0.1, -0.05) is 17.7 Å². The fraction of sp³-hybridized carbons (Fsp3) is 0.250. The molecule has 0 bridgehead atoms. The third-order valence-electron chi connectivity index (χ3n) is 4.15. The molecule has 2 aromatic carbocycles. The summed E-state index contributed by atoms with van der Waals surface area (Å²) in [5, 5.41) is 0.758. The maximum absolute atomic E-state index is 13.8. The smallest absolute Gasteiger partial charge is 0.298 e. The normalized spacial score (nSPS) is 11.2. The Kier molecular flexibility index (Phi) is 6.76. The summed E-state index contributed by atoms with van der Waals surface area (Å²) in [6.45, 7) is 4.74. The van der Waals surface area contributed by atoms with Crippen molar-refractivity contribution in [2.24, 2.45) is 4.99 Å². The summed E-state index contributed by atoms with van der Waals surface area (Å²) in [5.74, 6) is -0.325. The Morgan fingerprint density at radius 1 is 1.28 bits per heavy atom. The highest BCUT2D eigenvalue weighted by molar-refractivity contribution is 7.07. The summed E-state index contributed by atoms with van der Waals surface area (Å²) in [4.78, 5) is 10.6. The molecule has 152 valence electrons. The van der Waals surface area contributed by atoms with Gasteiger partial charge in [-0.25, -0.2) is 13.8 Å². The molecule has 0 fully saturated rings. The number of hydrogen-bond acceptors (Lipinski definition) is 5. The van der Waals surface area contributed by atoms with E-state index < -0.39 is 11.6 Å². The Morgan fingerprint density at radius 3 is 2.79 bits per heavy atom. The molecule has 5 nitrogen and oxygen atoms in total. The van der Waals surface area contributed by atoms with E-state index in [1.807, 2.05) is 31.9 Å². The van der Waals surface area contributed by atoms with Crippen molar-refractivity contribution in [3.05, 3.63) is 63.9 Å². The SMILES string of the molecule is CCN(C)C=Nc1cc(C)c(Oc2nc(Cc3ccc(F)cc3F)ns2)cc1Cl.